The second-order valence-corrected chi connectivity index (χ2v) is 5.76. The van der Waals surface area contributed by atoms with Gasteiger partial charge in [0.15, 0.2) is 0 Å². The first-order valence-electron chi connectivity index (χ1n) is 6.06. The van der Waals surface area contributed by atoms with Gasteiger partial charge < -0.3 is 14.5 Å². The van der Waals surface area contributed by atoms with Crippen molar-refractivity contribution in [3.63, 3.8) is 0 Å². The maximum atomic E-state index is 12.3. The number of halogens is 1. The molecule has 1 aliphatic rings. The van der Waals surface area contributed by atoms with E-state index in [-0.39, 0.29) is 5.91 Å². The molecule has 1 saturated heterocycles. The van der Waals surface area contributed by atoms with Crippen molar-refractivity contribution in [1.29, 1.82) is 0 Å². The molecular formula is C13H18IN2O2+. The lowest BCUT2D eigenvalue weighted by molar-refractivity contribution is -0.883. The Morgan fingerprint density at radius 1 is 1.39 bits per heavy atom. The van der Waals surface area contributed by atoms with Crippen LogP contribution in [0.1, 0.15) is 10.4 Å². The molecule has 18 heavy (non-hydrogen) atoms. The van der Waals surface area contributed by atoms with Gasteiger partial charge in [0, 0.05) is 5.56 Å². The largest absolute Gasteiger partial charge is 0.496 e. The van der Waals surface area contributed by atoms with Gasteiger partial charge in [-0.15, -0.1) is 0 Å². The number of nitrogens with one attached hydrogen (secondary N) is 1. The Hall–Kier alpha value is -0.820. The van der Waals surface area contributed by atoms with Crippen LogP contribution in [0.15, 0.2) is 18.2 Å². The van der Waals surface area contributed by atoms with Gasteiger partial charge in [-0.2, -0.15) is 0 Å². The molecule has 0 bridgehead atoms. The minimum Gasteiger partial charge on any atom is -0.496 e. The Balaban J connectivity index is 2.11. The van der Waals surface area contributed by atoms with Crippen molar-refractivity contribution in [2.45, 2.75) is 0 Å². The summed E-state index contributed by atoms with van der Waals surface area (Å²) in [5.41, 5.74) is 0.750. The predicted octanol–water partition coefficient (Wildman–Crippen LogP) is 0.270. The third-order valence-electron chi connectivity index (χ3n) is 3.30. The number of amides is 1. The minimum atomic E-state index is 0.128. The molecule has 0 unspecified atom stereocenters. The summed E-state index contributed by atoms with van der Waals surface area (Å²) < 4.78 is 6.18. The first-order valence-corrected chi connectivity index (χ1v) is 7.14. The third kappa shape index (κ3) is 2.95. The zero-order valence-corrected chi connectivity index (χ0v) is 12.9. The Bertz CT molecular complexity index is 443. The van der Waals surface area contributed by atoms with E-state index in [1.54, 1.807) is 7.11 Å². The zero-order chi connectivity index (χ0) is 13.1. The van der Waals surface area contributed by atoms with Crippen LogP contribution in [0.2, 0.25) is 0 Å². The molecule has 1 aromatic rings. The maximum Gasteiger partial charge on any atom is 0.254 e. The summed E-state index contributed by atoms with van der Waals surface area (Å²) >= 11 is 2.19. The summed E-state index contributed by atoms with van der Waals surface area (Å²) in [5, 5.41) is 0. The summed E-state index contributed by atoms with van der Waals surface area (Å²) in [6, 6.07) is 5.59. The van der Waals surface area contributed by atoms with E-state index in [0.29, 0.717) is 0 Å². The summed E-state index contributed by atoms with van der Waals surface area (Å²) in [4.78, 5) is 15.8. The van der Waals surface area contributed by atoms with Crippen LogP contribution in [0.25, 0.3) is 0 Å². The molecule has 0 aliphatic carbocycles. The van der Waals surface area contributed by atoms with Crippen molar-refractivity contribution in [2.24, 2.45) is 0 Å². The molecule has 0 saturated carbocycles. The second-order valence-electron chi connectivity index (χ2n) is 4.60. The van der Waals surface area contributed by atoms with E-state index < -0.39 is 0 Å². The van der Waals surface area contributed by atoms with E-state index in [2.05, 4.69) is 29.6 Å². The van der Waals surface area contributed by atoms with Crippen molar-refractivity contribution in [1.82, 2.24) is 4.90 Å². The Morgan fingerprint density at radius 2 is 2.06 bits per heavy atom. The number of likely N-dealkylation sites (N-methyl/N-ethyl adjacent to an activating group) is 1. The van der Waals surface area contributed by atoms with E-state index >= 15 is 0 Å². The van der Waals surface area contributed by atoms with Crippen LogP contribution in [-0.2, 0) is 0 Å². The first kappa shape index (κ1) is 13.6. The first-order chi connectivity index (χ1) is 8.61. The molecule has 2 rings (SSSR count). The molecule has 1 N–H and O–H groups in total. The summed E-state index contributed by atoms with van der Waals surface area (Å²) in [5.74, 6) is 0.943. The van der Waals surface area contributed by atoms with Crippen LogP contribution in [0.3, 0.4) is 0 Å². The van der Waals surface area contributed by atoms with Gasteiger partial charge in [-0.1, -0.05) is 0 Å². The molecule has 5 heteroatoms. The number of hydrogen-bond donors (Lipinski definition) is 1. The zero-order valence-electron chi connectivity index (χ0n) is 10.7. The van der Waals surface area contributed by atoms with Crippen molar-refractivity contribution < 1.29 is 14.4 Å². The fourth-order valence-electron chi connectivity index (χ4n) is 2.07. The quantitative estimate of drug-likeness (QED) is 0.768. The molecule has 4 nitrogen and oxygen atoms in total. The van der Waals surface area contributed by atoms with Crippen molar-refractivity contribution >= 4 is 28.5 Å². The van der Waals surface area contributed by atoms with Crippen LogP contribution in [0.5, 0.6) is 5.75 Å². The molecule has 98 valence electrons. The number of ether oxygens (including phenoxy) is 1. The normalized spacial score (nSPS) is 16.7. The average molecular weight is 361 g/mol. The number of carbonyl (C=O) groups is 1. The fourth-order valence-corrected chi connectivity index (χ4v) is 2.81. The van der Waals surface area contributed by atoms with Crippen LogP contribution < -0.4 is 9.64 Å². The topological polar surface area (TPSA) is 34.0 Å². The Morgan fingerprint density at radius 3 is 2.61 bits per heavy atom. The number of hydrogen-bond acceptors (Lipinski definition) is 2. The number of quaternary nitrogens is 1. The smallest absolute Gasteiger partial charge is 0.254 e. The van der Waals surface area contributed by atoms with Gasteiger partial charge in [-0.05, 0) is 40.8 Å². The Kier molecular flexibility index (Phi) is 4.45. The molecule has 1 aliphatic heterocycles. The average Bonchev–Trinajstić information content (AvgIpc) is 2.38. The van der Waals surface area contributed by atoms with E-state index in [0.717, 1.165) is 41.1 Å². The van der Waals surface area contributed by atoms with E-state index in [1.807, 2.05) is 23.1 Å². The lowest BCUT2D eigenvalue weighted by Crippen LogP contribution is -3.12. The SMILES string of the molecule is COc1ccc(C(=O)N2CC[NH+](C)CC2)cc1I. The molecule has 1 fully saturated rings. The van der Waals surface area contributed by atoms with Gasteiger partial charge >= 0.3 is 0 Å². The number of nitrogens with zero attached hydrogens (tertiary/aromatic N) is 1. The number of rotatable bonds is 2. The minimum absolute atomic E-state index is 0.128. The fraction of sp³-hybridized carbons (Fsp3) is 0.462. The summed E-state index contributed by atoms with van der Waals surface area (Å²) in [6.45, 7) is 3.73. The molecule has 0 atom stereocenters. The number of carbonyl (C=O) groups excluding carboxylic acids is 1. The highest BCUT2D eigenvalue weighted by molar-refractivity contribution is 14.1. The van der Waals surface area contributed by atoms with Crippen LogP contribution in [-0.4, -0.2) is 51.1 Å². The van der Waals surface area contributed by atoms with Gasteiger partial charge in [-0.25, -0.2) is 0 Å². The number of methoxy groups -OCH3 is 1. The lowest BCUT2D eigenvalue weighted by atomic mass is 10.1. The van der Waals surface area contributed by atoms with Crippen LogP contribution >= 0.6 is 22.6 Å². The number of benzene rings is 1. The van der Waals surface area contributed by atoms with Crippen LogP contribution in [0.4, 0.5) is 0 Å². The highest BCUT2D eigenvalue weighted by atomic mass is 127. The summed E-state index contributed by atoms with van der Waals surface area (Å²) in [7, 11) is 3.81. The summed E-state index contributed by atoms with van der Waals surface area (Å²) in [6.07, 6.45) is 0. The predicted molar refractivity (Wildman–Crippen MR) is 78.2 cm³/mol. The molecule has 0 radical (unpaired) electrons. The molecule has 1 amide bonds. The van der Waals surface area contributed by atoms with Crippen molar-refractivity contribution in [3.8, 4) is 5.75 Å². The van der Waals surface area contributed by atoms with Gasteiger partial charge in [0.25, 0.3) is 5.91 Å². The lowest BCUT2D eigenvalue weighted by Gasteiger charge is -2.30. The van der Waals surface area contributed by atoms with Crippen molar-refractivity contribution in [3.05, 3.63) is 27.3 Å². The van der Waals surface area contributed by atoms with E-state index in [9.17, 15) is 4.79 Å². The van der Waals surface area contributed by atoms with Gasteiger partial charge in [-0.3, -0.25) is 4.79 Å². The third-order valence-corrected chi connectivity index (χ3v) is 4.15. The Labute approximate surface area is 121 Å². The van der Waals surface area contributed by atoms with Crippen molar-refractivity contribution in [2.75, 3.05) is 40.3 Å². The molecule has 0 spiro atoms. The molecule has 0 aromatic heterocycles. The van der Waals surface area contributed by atoms with Gasteiger partial charge in [0.2, 0.25) is 0 Å². The van der Waals surface area contributed by atoms with Crippen LogP contribution in [0, 0.1) is 3.57 Å². The monoisotopic (exact) mass is 361 g/mol. The van der Waals surface area contributed by atoms with Gasteiger partial charge in [0.1, 0.15) is 5.75 Å². The van der Waals surface area contributed by atoms with E-state index in [4.69, 9.17) is 4.74 Å². The highest BCUT2D eigenvalue weighted by Crippen LogP contribution is 2.22. The highest BCUT2D eigenvalue weighted by Gasteiger charge is 2.22. The number of piperazine rings is 1. The standard InChI is InChI=1S/C13H17IN2O2/c1-15-5-7-16(8-6-15)13(17)10-3-4-12(18-2)11(14)9-10/h3-4,9H,5-8H2,1-2H3/p+1. The molecule has 1 aromatic carbocycles. The molecular weight excluding hydrogens is 343 g/mol. The second kappa shape index (κ2) is 5.88. The molecule has 1 heterocycles. The van der Waals surface area contributed by atoms with Gasteiger partial charge in [0.05, 0.1) is 43.9 Å². The van der Waals surface area contributed by atoms with E-state index in [1.165, 1.54) is 4.90 Å². The maximum absolute atomic E-state index is 12.3.